The van der Waals surface area contributed by atoms with E-state index in [9.17, 15) is 9.59 Å². The minimum atomic E-state index is -0.928. The molecule has 5 rings (SSSR count). The summed E-state index contributed by atoms with van der Waals surface area (Å²) in [5.74, 6) is -0.761. The van der Waals surface area contributed by atoms with Gasteiger partial charge in [0.2, 0.25) is 5.91 Å². The zero-order valence-electron chi connectivity index (χ0n) is 16.6. The van der Waals surface area contributed by atoms with Crippen molar-refractivity contribution >= 4 is 34.8 Å². The Morgan fingerprint density at radius 1 is 0.871 bits per heavy atom. The van der Waals surface area contributed by atoms with Crippen molar-refractivity contribution in [3.63, 3.8) is 0 Å². The number of imide groups is 1. The minimum Gasteiger partial charge on any atom is -0.497 e. The number of para-hydroxylation sites is 1. The Hall–Kier alpha value is -3.35. The van der Waals surface area contributed by atoms with Crippen molar-refractivity contribution < 1.29 is 19.2 Å². The fraction of sp³-hybridized carbons (Fsp3) is 0.167. The molecule has 2 fully saturated rings. The Labute approximate surface area is 184 Å². The first-order valence-electron chi connectivity index (χ1n) is 9.87. The van der Waals surface area contributed by atoms with Crippen LogP contribution in [0, 0.1) is 5.92 Å². The topological polar surface area (TPSA) is 59.1 Å². The van der Waals surface area contributed by atoms with Crippen molar-refractivity contribution in [1.82, 2.24) is 0 Å². The van der Waals surface area contributed by atoms with E-state index in [2.05, 4.69) is 0 Å². The summed E-state index contributed by atoms with van der Waals surface area (Å²) in [6.07, 6.45) is -0.928. The van der Waals surface area contributed by atoms with E-state index >= 15 is 0 Å². The molecule has 7 heteroatoms. The molecule has 3 aromatic rings. The van der Waals surface area contributed by atoms with Gasteiger partial charge in [-0.25, -0.2) is 9.96 Å². The van der Waals surface area contributed by atoms with Crippen LogP contribution in [0.5, 0.6) is 5.75 Å². The molecule has 2 aliphatic heterocycles. The predicted molar refractivity (Wildman–Crippen MR) is 117 cm³/mol. The summed E-state index contributed by atoms with van der Waals surface area (Å²) in [6, 6.07) is 23.1. The standard InChI is InChI=1S/C24H19ClN2O4/c1-30-19-12-5-7-15(13-19)21-20-22(31-27(21)17-9-3-2-4-10-17)24(29)26(23(20)28)18-11-6-8-16(25)14-18/h2-14,20-22H,1H3/t20-,21-,22-/m0/s1. The van der Waals surface area contributed by atoms with Gasteiger partial charge in [-0.15, -0.1) is 0 Å². The zero-order chi connectivity index (χ0) is 21.5. The maximum atomic E-state index is 13.5. The van der Waals surface area contributed by atoms with Gasteiger partial charge in [0.05, 0.1) is 24.5 Å². The van der Waals surface area contributed by atoms with Crippen LogP contribution in [0.25, 0.3) is 0 Å². The number of fused-ring (bicyclic) bond motifs is 1. The van der Waals surface area contributed by atoms with Gasteiger partial charge >= 0.3 is 0 Å². The molecule has 2 aliphatic rings. The lowest BCUT2D eigenvalue weighted by atomic mass is 9.90. The molecule has 3 atom stereocenters. The Morgan fingerprint density at radius 2 is 1.61 bits per heavy atom. The third kappa shape index (κ3) is 3.24. The number of carbonyl (C=O) groups excluding carboxylic acids is 2. The molecule has 3 aromatic carbocycles. The molecular formula is C24H19ClN2O4. The average molecular weight is 435 g/mol. The summed E-state index contributed by atoms with van der Waals surface area (Å²) >= 11 is 6.10. The molecule has 0 unspecified atom stereocenters. The van der Waals surface area contributed by atoms with E-state index in [0.717, 1.165) is 11.3 Å². The number of rotatable bonds is 4. The molecule has 31 heavy (non-hydrogen) atoms. The van der Waals surface area contributed by atoms with Gasteiger partial charge < -0.3 is 4.74 Å². The number of hydrogen-bond acceptors (Lipinski definition) is 5. The molecule has 0 bridgehead atoms. The van der Waals surface area contributed by atoms with Gasteiger partial charge in [0.25, 0.3) is 5.91 Å². The Bertz CT molecular complexity index is 1150. The third-order valence-corrected chi connectivity index (χ3v) is 5.86. The second-order valence-electron chi connectivity index (χ2n) is 7.43. The normalized spacial score (nSPS) is 22.7. The Morgan fingerprint density at radius 3 is 2.35 bits per heavy atom. The van der Waals surface area contributed by atoms with Crippen LogP contribution in [0.4, 0.5) is 11.4 Å². The van der Waals surface area contributed by atoms with Gasteiger partial charge in [-0.1, -0.05) is 48.0 Å². The number of methoxy groups -OCH3 is 1. The molecule has 0 saturated carbocycles. The Kier molecular flexibility index (Phi) is 4.88. The molecular weight excluding hydrogens is 416 g/mol. The van der Waals surface area contributed by atoms with Crippen LogP contribution < -0.4 is 14.7 Å². The molecule has 2 heterocycles. The van der Waals surface area contributed by atoms with Crippen molar-refractivity contribution in [1.29, 1.82) is 0 Å². The number of ether oxygens (including phenoxy) is 1. The molecule has 2 saturated heterocycles. The maximum absolute atomic E-state index is 13.5. The number of hydroxylamine groups is 1. The highest BCUT2D eigenvalue weighted by Gasteiger charge is 2.60. The number of anilines is 2. The van der Waals surface area contributed by atoms with Gasteiger partial charge in [-0.3, -0.25) is 14.4 Å². The molecule has 0 spiro atoms. The largest absolute Gasteiger partial charge is 0.497 e. The number of carbonyl (C=O) groups is 2. The van der Waals surface area contributed by atoms with E-state index < -0.39 is 24.0 Å². The number of nitrogens with zero attached hydrogens (tertiary/aromatic N) is 2. The summed E-state index contributed by atoms with van der Waals surface area (Å²) in [7, 11) is 1.59. The van der Waals surface area contributed by atoms with Crippen molar-refractivity contribution in [2.45, 2.75) is 12.1 Å². The van der Waals surface area contributed by atoms with Crippen molar-refractivity contribution in [3.8, 4) is 5.75 Å². The highest BCUT2D eigenvalue weighted by molar-refractivity contribution is 6.31. The van der Waals surface area contributed by atoms with Gasteiger partial charge in [0, 0.05) is 5.02 Å². The summed E-state index contributed by atoms with van der Waals surface area (Å²) in [6.45, 7) is 0. The van der Waals surface area contributed by atoms with Crippen LogP contribution >= 0.6 is 11.6 Å². The second-order valence-corrected chi connectivity index (χ2v) is 7.86. The van der Waals surface area contributed by atoms with E-state index in [-0.39, 0.29) is 5.91 Å². The molecule has 0 radical (unpaired) electrons. The third-order valence-electron chi connectivity index (χ3n) is 5.63. The highest BCUT2D eigenvalue weighted by atomic mass is 35.5. The van der Waals surface area contributed by atoms with Crippen LogP contribution in [0.15, 0.2) is 78.9 Å². The van der Waals surface area contributed by atoms with Gasteiger partial charge in [0.1, 0.15) is 11.7 Å². The van der Waals surface area contributed by atoms with Gasteiger partial charge in [0.15, 0.2) is 6.10 Å². The summed E-state index contributed by atoms with van der Waals surface area (Å²) in [5.41, 5.74) is 2.03. The fourth-order valence-electron chi connectivity index (χ4n) is 4.25. The Balaban J connectivity index is 1.60. The summed E-state index contributed by atoms with van der Waals surface area (Å²) in [5, 5.41) is 2.11. The van der Waals surface area contributed by atoms with E-state index in [0.29, 0.717) is 16.5 Å². The van der Waals surface area contributed by atoms with E-state index in [1.807, 2.05) is 54.6 Å². The molecule has 156 valence electrons. The molecule has 0 N–H and O–H groups in total. The lowest BCUT2D eigenvalue weighted by molar-refractivity contribution is -0.126. The van der Waals surface area contributed by atoms with Gasteiger partial charge in [-0.05, 0) is 48.0 Å². The van der Waals surface area contributed by atoms with E-state index in [1.165, 1.54) is 4.90 Å². The fourth-order valence-corrected chi connectivity index (χ4v) is 4.43. The van der Waals surface area contributed by atoms with Crippen molar-refractivity contribution in [2.75, 3.05) is 17.1 Å². The number of benzene rings is 3. The van der Waals surface area contributed by atoms with Gasteiger partial charge in [-0.2, -0.15) is 0 Å². The highest BCUT2D eigenvalue weighted by Crippen LogP contribution is 2.48. The first-order chi connectivity index (χ1) is 15.1. The SMILES string of the molecule is COc1cccc([C@H]2[C@@H]3C(=O)N(c4cccc(Cl)c4)C(=O)[C@H]3ON2c2ccccc2)c1. The smallest absolute Gasteiger partial charge is 0.266 e. The molecule has 0 aromatic heterocycles. The number of halogens is 1. The van der Waals surface area contributed by atoms with Crippen molar-refractivity contribution in [3.05, 3.63) is 89.4 Å². The zero-order valence-corrected chi connectivity index (χ0v) is 17.4. The average Bonchev–Trinajstić information content (AvgIpc) is 3.30. The lowest BCUT2D eigenvalue weighted by Crippen LogP contribution is -2.37. The molecule has 0 aliphatic carbocycles. The monoisotopic (exact) mass is 434 g/mol. The molecule has 2 amide bonds. The summed E-state index contributed by atoms with van der Waals surface area (Å²) < 4.78 is 5.38. The lowest BCUT2D eigenvalue weighted by Gasteiger charge is -2.29. The quantitative estimate of drug-likeness (QED) is 0.570. The number of amides is 2. The van der Waals surface area contributed by atoms with Crippen LogP contribution in [-0.4, -0.2) is 25.0 Å². The van der Waals surface area contributed by atoms with Crippen LogP contribution in [0.3, 0.4) is 0 Å². The second kappa shape index (κ2) is 7.72. The predicted octanol–water partition coefficient (Wildman–Crippen LogP) is 4.40. The van der Waals surface area contributed by atoms with Crippen LogP contribution in [0.1, 0.15) is 11.6 Å². The summed E-state index contributed by atoms with van der Waals surface area (Å²) in [4.78, 5) is 34.1. The van der Waals surface area contributed by atoms with Crippen LogP contribution in [-0.2, 0) is 14.4 Å². The van der Waals surface area contributed by atoms with Crippen molar-refractivity contribution in [2.24, 2.45) is 5.92 Å². The first kappa shape index (κ1) is 19.6. The minimum absolute atomic E-state index is 0.316. The first-order valence-corrected chi connectivity index (χ1v) is 10.2. The molecule has 6 nitrogen and oxygen atoms in total. The maximum Gasteiger partial charge on any atom is 0.266 e. The van der Waals surface area contributed by atoms with Crippen LogP contribution in [0.2, 0.25) is 5.02 Å². The number of hydrogen-bond donors (Lipinski definition) is 0. The van der Waals surface area contributed by atoms with E-state index in [1.54, 1.807) is 36.4 Å². The van der Waals surface area contributed by atoms with E-state index in [4.69, 9.17) is 21.2 Å².